The van der Waals surface area contributed by atoms with E-state index in [2.05, 4.69) is 13.3 Å². The maximum Gasteiger partial charge on any atom is 6.00 e. The minimum absolute atomic E-state index is 0. The first-order valence-corrected chi connectivity index (χ1v) is 4.30. The van der Waals surface area contributed by atoms with Crippen LogP contribution in [-0.2, 0) is 26.4 Å². The molecule has 96 valence electrons. The van der Waals surface area contributed by atoms with Gasteiger partial charge in [0.1, 0.15) is 0 Å². The fourth-order valence-corrected chi connectivity index (χ4v) is 0.744. The molecule has 0 amide bonds. The molecule has 2 rings (SSSR count). The number of hydrogen-bond acceptors (Lipinski definition) is 0. The average Bonchev–Trinajstić information content (AvgIpc) is 2.98. The summed E-state index contributed by atoms with van der Waals surface area (Å²) in [4.78, 5) is 0. The Labute approximate surface area is 119 Å². The average molecular weight is 308 g/mol. The maximum absolute atomic E-state index is 11.9. The van der Waals surface area contributed by atoms with Crippen molar-refractivity contribution in [3.05, 3.63) is 79.3 Å². The summed E-state index contributed by atoms with van der Waals surface area (Å²) >= 11 is 0. The van der Waals surface area contributed by atoms with Crippen molar-refractivity contribution in [2.45, 2.75) is 0 Å². The molecular weight excluding hydrogens is 301 g/mol. The summed E-state index contributed by atoms with van der Waals surface area (Å²) in [7, 11) is 0. The van der Waals surface area contributed by atoms with E-state index in [0.717, 1.165) is 0 Å². The fourth-order valence-electron chi connectivity index (χ4n) is 0.744. The number of hydrogen-bond donors (Lipinski definition) is 0. The van der Waals surface area contributed by atoms with Gasteiger partial charge >= 0.3 is 39.7 Å². The summed E-state index contributed by atoms with van der Waals surface area (Å²) in [6, 6.07) is 12.9. The smallest absolute Gasteiger partial charge is 0.214 e. The molecule has 6 heteroatoms. The van der Waals surface area contributed by atoms with E-state index >= 15 is 0 Å². The van der Waals surface area contributed by atoms with Gasteiger partial charge in [0.25, 0.3) is 0 Å². The zero-order valence-corrected chi connectivity index (χ0v) is 10.4. The first kappa shape index (κ1) is 22.5. The SMILES string of the molecule is Fc1[c-]cc(F)c(F)c1.[C-]#[O+].[C-]#[O+].[Fe+6].c1cc[cH-]c1. The minimum atomic E-state index is -1.19. The summed E-state index contributed by atoms with van der Waals surface area (Å²) < 4.78 is 50.8. The molecule has 0 spiro atoms. The van der Waals surface area contributed by atoms with Gasteiger partial charge in [-0.05, 0) is 0 Å². The molecule has 0 bridgehead atoms. The van der Waals surface area contributed by atoms with E-state index < -0.39 is 17.5 Å². The molecule has 2 nitrogen and oxygen atoms in total. The van der Waals surface area contributed by atoms with E-state index in [1.165, 1.54) is 0 Å². The third-order valence-corrected chi connectivity index (χ3v) is 1.37. The molecule has 0 heterocycles. The van der Waals surface area contributed by atoms with Crippen LogP contribution in [0.25, 0.3) is 0 Å². The van der Waals surface area contributed by atoms with Gasteiger partial charge in [0, 0.05) is 11.6 Å². The predicted octanol–water partition coefficient (Wildman–Crippen LogP) is 3.23. The number of rotatable bonds is 0. The molecule has 2 aromatic carbocycles. The molecule has 0 fully saturated rings. The van der Waals surface area contributed by atoms with Crippen LogP contribution in [0.4, 0.5) is 13.2 Å². The molecule has 0 aromatic heterocycles. The third kappa shape index (κ3) is 12.6. The van der Waals surface area contributed by atoms with E-state index in [9.17, 15) is 13.2 Å². The Bertz CT molecular complexity index is 430. The van der Waals surface area contributed by atoms with Crippen LogP contribution in [0.15, 0.2) is 42.5 Å². The van der Waals surface area contributed by atoms with Crippen LogP contribution >= 0.6 is 0 Å². The normalized spacial score (nSPS) is 6.89. The van der Waals surface area contributed by atoms with Gasteiger partial charge in [0.05, 0.1) is 5.82 Å². The molecule has 0 atom stereocenters. The van der Waals surface area contributed by atoms with Crippen LogP contribution in [0.1, 0.15) is 0 Å². The van der Waals surface area contributed by atoms with E-state index in [0.29, 0.717) is 12.1 Å². The van der Waals surface area contributed by atoms with Gasteiger partial charge < -0.3 is 0 Å². The van der Waals surface area contributed by atoms with E-state index in [1.54, 1.807) is 0 Å². The second-order valence-corrected chi connectivity index (χ2v) is 2.44. The molecule has 0 aliphatic heterocycles. The van der Waals surface area contributed by atoms with Gasteiger partial charge in [-0.1, -0.05) is 6.07 Å². The Morgan fingerprint density at radius 1 is 0.947 bits per heavy atom. The van der Waals surface area contributed by atoms with Gasteiger partial charge in [-0.2, -0.15) is 18.2 Å². The molecule has 0 aliphatic rings. The summed E-state index contributed by atoms with van der Waals surface area (Å²) in [5.41, 5.74) is 0. The quantitative estimate of drug-likeness (QED) is 0.310. The van der Waals surface area contributed by atoms with Crippen LogP contribution in [0, 0.1) is 36.8 Å². The molecule has 0 saturated carbocycles. The van der Waals surface area contributed by atoms with Gasteiger partial charge in [0.2, 0.25) is 0 Å². The van der Waals surface area contributed by atoms with Crippen LogP contribution in [-0.4, -0.2) is 0 Å². The molecule has 2 aromatic rings. The summed E-state index contributed by atoms with van der Waals surface area (Å²) in [6.45, 7) is 9.00. The van der Waals surface area contributed by atoms with Gasteiger partial charge in [0.15, 0.2) is 0 Å². The van der Waals surface area contributed by atoms with E-state index in [4.69, 9.17) is 9.30 Å². The Morgan fingerprint density at radius 2 is 1.42 bits per heavy atom. The van der Waals surface area contributed by atoms with Crippen molar-refractivity contribution in [3.63, 3.8) is 0 Å². The van der Waals surface area contributed by atoms with E-state index in [1.807, 2.05) is 36.4 Å². The second-order valence-electron chi connectivity index (χ2n) is 2.44. The molecule has 0 aliphatic carbocycles. The van der Waals surface area contributed by atoms with Crippen molar-refractivity contribution in [2.24, 2.45) is 0 Å². The standard InChI is InChI=1S/C6H2F3.C5H5.2CO.Fe/c7-4-1-2-5(8)6(9)3-4;1-2-4-5-3-1;2*1-2;/h2-3H;1-5H;;;/q2*-1;;;+6. The van der Waals surface area contributed by atoms with Crippen LogP contribution in [0.2, 0.25) is 0 Å². The number of halogens is 3. The third-order valence-electron chi connectivity index (χ3n) is 1.37. The molecule has 0 radical (unpaired) electrons. The van der Waals surface area contributed by atoms with Crippen LogP contribution < -0.4 is 0 Å². The number of benzene rings is 1. The molecule has 0 N–H and O–H groups in total. The Kier molecular flexibility index (Phi) is 19.4. The topological polar surface area (TPSA) is 39.8 Å². The van der Waals surface area contributed by atoms with Crippen molar-refractivity contribution in [3.8, 4) is 0 Å². The zero-order chi connectivity index (χ0) is 14.4. The van der Waals surface area contributed by atoms with Crippen LogP contribution in [0.3, 0.4) is 0 Å². The summed E-state index contributed by atoms with van der Waals surface area (Å²) in [5, 5.41) is 0. The second kappa shape index (κ2) is 16.4. The van der Waals surface area contributed by atoms with Gasteiger partial charge in [-0.15, -0.1) is 12.1 Å². The van der Waals surface area contributed by atoms with E-state index in [-0.39, 0.29) is 17.1 Å². The first-order chi connectivity index (χ1) is 8.70. The molecular formula is C13H7F3FeO2+4. The summed E-state index contributed by atoms with van der Waals surface area (Å²) in [5.74, 6) is -3.17. The molecule has 0 unspecified atom stereocenters. The minimum Gasteiger partial charge on any atom is -0.214 e. The van der Waals surface area contributed by atoms with Crippen molar-refractivity contribution in [1.29, 1.82) is 0 Å². The maximum atomic E-state index is 11.9. The van der Waals surface area contributed by atoms with Crippen molar-refractivity contribution in [1.82, 2.24) is 0 Å². The Hall–Kier alpha value is -1.64. The Morgan fingerprint density at radius 3 is 1.68 bits per heavy atom. The van der Waals surface area contributed by atoms with Crippen molar-refractivity contribution < 1.29 is 39.5 Å². The monoisotopic (exact) mass is 308 g/mol. The van der Waals surface area contributed by atoms with Crippen molar-refractivity contribution >= 4 is 0 Å². The first-order valence-electron chi connectivity index (χ1n) is 4.30. The van der Waals surface area contributed by atoms with Crippen LogP contribution in [0.5, 0.6) is 0 Å². The van der Waals surface area contributed by atoms with Crippen molar-refractivity contribution in [2.75, 3.05) is 0 Å². The largest absolute Gasteiger partial charge is 6.00 e. The van der Waals surface area contributed by atoms with Gasteiger partial charge in [-0.25, -0.2) is 20.9 Å². The molecule has 19 heavy (non-hydrogen) atoms. The zero-order valence-electron chi connectivity index (χ0n) is 9.35. The predicted molar refractivity (Wildman–Crippen MR) is 55.0 cm³/mol. The molecule has 0 saturated heterocycles. The Balaban J connectivity index is -0.000000220. The summed E-state index contributed by atoms with van der Waals surface area (Å²) in [6.07, 6.45) is 0. The fraction of sp³-hybridized carbons (Fsp3) is 0. The van der Waals surface area contributed by atoms with Gasteiger partial charge in [-0.3, -0.25) is 4.39 Å².